The lowest BCUT2D eigenvalue weighted by atomic mass is 9.99. The van der Waals surface area contributed by atoms with E-state index in [0.29, 0.717) is 5.92 Å². The first-order valence-electron chi connectivity index (χ1n) is 10.7. The second kappa shape index (κ2) is 8.37. The summed E-state index contributed by atoms with van der Waals surface area (Å²) in [6.07, 6.45) is 1.21. The van der Waals surface area contributed by atoms with Crippen LogP contribution in [0.3, 0.4) is 0 Å². The summed E-state index contributed by atoms with van der Waals surface area (Å²) in [4.78, 5) is 7.62. The molecule has 0 saturated carbocycles. The van der Waals surface area contributed by atoms with Crippen molar-refractivity contribution < 1.29 is 0 Å². The Balaban J connectivity index is 1.47. The molecular weight excluding hydrogens is 434 g/mol. The SMILES string of the molecule is CC(c1ccccc1)n1c(CN2CCC(c3ccccc3)C2)nc2ccc(Br)cc21. The highest BCUT2D eigenvalue weighted by molar-refractivity contribution is 9.10. The molecule has 1 fully saturated rings. The molecule has 1 aromatic heterocycles. The van der Waals surface area contributed by atoms with Crippen LogP contribution in [0.5, 0.6) is 0 Å². The van der Waals surface area contributed by atoms with Gasteiger partial charge in [0.1, 0.15) is 5.82 Å². The minimum Gasteiger partial charge on any atom is -0.320 e. The topological polar surface area (TPSA) is 21.1 Å². The first-order chi connectivity index (χ1) is 14.7. The van der Waals surface area contributed by atoms with Crippen LogP contribution in [0.25, 0.3) is 11.0 Å². The Hall–Kier alpha value is -2.43. The van der Waals surface area contributed by atoms with E-state index in [1.54, 1.807) is 0 Å². The number of hydrogen-bond donors (Lipinski definition) is 0. The summed E-state index contributed by atoms with van der Waals surface area (Å²) in [5, 5.41) is 0. The standard InChI is InChI=1S/C26H26BrN3/c1-19(20-8-4-2-5-9-20)30-25-16-23(27)12-13-24(25)28-26(30)18-29-15-14-22(17-29)21-10-6-3-7-11-21/h2-13,16,19,22H,14-15,17-18H2,1H3. The van der Waals surface area contributed by atoms with Gasteiger partial charge in [-0.15, -0.1) is 0 Å². The molecule has 2 unspecified atom stereocenters. The number of halogens is 1. The Kier molecular flexibility index (Phi) is 5.45. The van der Waals surface area contributed by atoms with Crippen LogP contribution in [-0.2, 0) is 6.54 Å². The number of likely N-dealkylation sites (tertiary alicyclic amines) is 1. The van der Waals surface area contributed by atoms with Gasteiger partial charge in [0.15, 0.2) is 0 Å². The molecule has 3 aromatic carbocycles. The molecule has 0 radical (unpaired) electrons. The van der Waals surface area contributed by atoms with Crippen LogP contribution in [0.2, 0.25) is 0 Å². The summed E-state index contributed by atoms with van der Waals surface area (Å²) < 4.78 is 3.51. The van der Waals surface area contributed by atoms with Crippen LogP contribution >= 0.6 is 15.9 Å². The van der Waals surface area contributed by atoms with Crippen LogP contribution in [0.1, 0.15) is 42.3 Å². The van der Waals surface area contributed by atoms with Crippen molar-refractivity contribution in [2.24, 2.45) is 0 Å². The molecule has 0 amide bonds. The van der Waals surface area contributed by atoms with Gasteiger partial charge >= 0.3 is 0 Å². The smallest absolute Gasteiger partial charge is 0.124 e. The van der Waals surface area contributed by atoms with E-state index >= 15 is 0 Å². The molecular formula is C26H26BrN3. The molecule has 1 saturated heterocycles. The van der Waals surface area contributed by atoms with E-state index < -0.39 is 0 Å². The third kappa shape index (κ3) is 3.82. The predicted molar refractivity (Wildman–Crippen MR) is 127 cm³/mol. The van der Waals surface area contributed by atoms with Crippen molar-refractivity contribution >= 4 is 27.0 Å². The highest BCUT2D eigenvalue weighted by atomic mass is 79.9. The van der Waals surface area contributed by atoms with Gasteiger partial charge in [0.25, 0.3) is 0 Å². The van der Waals surface area contributed by atoms with Crippen molar-refractivity contribution in [2.75, 3.05) is 13.1 Å². The number of aromatic nitrogens is 2. The monoisotopic (exact) mass is 459 g/mol. The zero-order valence-electron chi connectivity index (χ0n) is 17.2. The predicted octanol–water partition coefficient (Wildman–Crippen LogP) is 6.40. The van der Waals surface area contributed by atoms with Crippen LogP contribution in [0.15, 0.2) is 83.3 Å². The molecule has 4 aromatic rings. The van der Waals surface area contributed by atoms with Crippen molar-refractivity contribution in [3.63, 3.8) is 0 Å². The minimum atomic E-state index is 0.230. The average Bonchev–Trinajstić information content (AvgIpc) is 3.39. The van der Waals surface area contributed by atoms with Crippen LogP contribution in [-0.4, -0.2) is 27.5 Å². The molecule has 1 aliphatic rings. The van der Waals surface area contributed by atoms with E-state index in [-0.39, 0.29) is 6.04 Å². The second-order valence-corrected chi connectivity index (χ2v) is 9.16. The van der Waals surface area contributed by atoms with E-state index in [0.717, 1.165) is 35.4 Å². The average molecular weight is 460 g/mol. The molecule has 5 rings (SSSR count). The fourth-order valence-electron chi connectivity index (χ4n) is 4.71. The maximum absolute atomic E-state index is 5.06. The summed E-state index contributed by atoms with van der Waals surface area (Å²) in [7, 11) is 0. The molecule has 152 valence electrons. The van der Waals surface area contributed by atoms with Crippen molar-refractivity contribution in [2.45, 2.75) is 31.8 Å². The molecule has 2 heterocycles. The van der Waals surface area contributed by atoms with Gasteiger partial charge in [-0.3, -0.25) is 4.90 Å². The number of nitrogens with zero attached hydrogens (tertiary/aromatic N) is 3. The van der Waals surface area contributed by atoms with Crippen LogP contribution < -0.4 is 0 Å². The van der Waals surface area contributed by atoms with Gasteiger partial charge in [-0.1, -0.05) is 76.6 Å². The van der Waals surface area contributed by atoms with Gasteiger partial charge in [0, 0.05) is 11.0 Å². The zero-order chi connectivity index (χ0) is 20.5. The third-order valence-corrected chi connectivity index (χ3v) is 6.80. The first kappa shape index (κ1) is 19.5. The molecule has 3 nitrogen and oxygen atoms in total. The number of benzene rings is 3. The highest BCUT2D eigenvalue weighted by Gasteiger charge is 2.26. The van der Waals surface area contributed by atoms with E-state index in [4.69, 9.17) is 4.98 Å². The first-order valence-corrected chi connectivity index (χ1v) is 11.5. The number of hydrogen-bond acceptors (Lipinski definition) is 2. The lowest BCUT2D eigenvalue weighted by Gasteiger charge is -2.21. The van der Waals surface area contributed by atoms with Crippen molar-refractivity contribution in [1.82, 2.24) is 14.5 Å². The Morgan fingerprint density at radius 3 is 2.50 bits per heavy atom. The van der Waals surface area contributed by atoms with Gasteiger partial charge in [-0.2, -0.15) is 0 Å². The van der Waals surface area contributed by atoms with Gasteiger partial charge in [-0.25, -0.2) is 4.98 Å². The van der Waals surface area contributed by atoms with E-state index in [9.17, 15) is 0 Å². The van der Waals surface area contributed by atoms with Gasteiger partial charge < -0.3 is 4.57 Å². The normalized spacial score (nSPS) is 18.1. The zero-order valence-corrected chi connectivity index (χ0v) is 18.8. The Morgan fingerprint density at radius 2 is 1.73 bits per heavy atom. The Bertz CT molecular complexity index is 1140. The van der Waals surface area contributed by atoms with Gasteiger partial charge in [-0.05, 0) is 55.1 Å². The van der Waals surface area contributed by atoms with E-state index in [2.05, 4.69) is 111 Å². The van der Waals surface area contributed by atoms with Gasteiger partial charge in [0.05, 0.1) is 23.6 Å². The fraction of sp³-hybridized carbons (Fsp3) is 0.269. The summed E-state index contributed by atoms with van der Waals surface area (Å²) in [5.74, 6) is 1.76. The number of imidazole rings is 1. The van der Waals surface area contributed by atoms with Crippen LogP contribution in [0, 0.1) is 0 Å². The Labute approximate surface area is 186 Å². The molecule has 0 aliphatic carbocycles. The molecule has 4 heteroatoms. The molecule has 0 N–H and O–H groups in total. The summed E-state index contributed by atoms with van der Waals surface area (Å²) in [6, 6.07) is 28.3. The van der Waals surface area contributed by atoms with Crippen molar-refractivity contribution in [1.29, 1.82) is 0 Å². The van der Waals surface area contributed by atoms with E-state index in [1.165, 1.54) is 23.1 Å². The molecule has 0 bridgehead atoms. The molecule has 2 atom stereocenters. The maximum Gasteiger partial charge on any atom is 0.124 e. The van der Waals surface area contributed by atoms with Gasteiger partial charge in [0.2, 0.25) is 0 Å². The maximum atomic E-state index is 5.06. The van der Waals surface area contributed by atoms with Crippen molar-refractivity contribution in [3.8, 4) is 0 Å². The second-order valence-electron chi connectivity index (χ2n) is 8.25. The number of fused-ring (bicyclic) bond motifs is 1. The lowest BCUT2D eigenvalue weighted by Crippen LogP contribution is -2.23. The lowest BCUT2D eigenvalue weighted by molar-refractivity contribution is 0.311. The Morgan fingerprint density at radius 1 is 1.00 bits per heavy atom. The quantitative estimate of drug-likeness (QED) is 0.344. The third-order valence-electron chi connectivity index (χ3n) is 6.30. The summed E-state index contributed by atoms with van der Waals surface area (Å²) in [6.45, 7) is 5.37. The summed E-state index contributed by atoms with van der Waals surface area (Å²) >= 11 is 3.65. The highest BCUT2D eigenvalue weighted by Crippen LogP contribution is 2.31. The number of rotatable bonds is 5. The van der Waals surface area contributed by atoms with E-state index in [1.807, 2.05) is 0 Å². The fourth-order valence-corrected chi connectivity index (χ4v) is 5.06. The largest absolute Gasteiger partial charge is 0.320 e. The minimum absolute atomic E-state index is 0.230. The summed E-state index contributed by atoms with van der Waals surface area (Å²) in [5.41, 5.74) is 5.01. The molecule has 1 aliphatic heterocycles. The molecule has 30 heavy (non-hydrogen) atoms. The molecule has 0 spiro atoms. The van der Waals surface area contributed by atoms with Crippen LogP contribution in [0.4, 0.5) is 0 Å². The van der Waals surface area contributed by atoms with Crippen molar-refractivity contribution in [3.05, 3.63) is 100 Å².